The number of nitrogens with one attached hydrogen (secondary N) is 6. The lowest BCUT2D eigenvalue weighted by molar-refractivity contribution is 0.244. The highest BCUT2D eigenvalue weighted by Gasteiger charge is 2.21. The van der Waals surface area contributed by atoms with E-state index >= 15 is 0 Å². The van der Waals surface area contributed by atoms with Crippen molar-refractivity contribution >= 4 is 47.7 Å². The number of amides is 4. The maximum Gasteiger partial charge on any atom is 0.324 e. The SMILES string of the molecule is CSNC(=O)NCCNC(C)C1=CN(C(C)NCCNC(=O)NSC)CS1. The van der Waals surface area contributed by atoms with E-state index in [0.29, 0.717) is 26.2 Å². The van der Waals surface area contributed by atoms with E-state index in [1.165, 1.54) is 28.8 Å². The maximum atomic E-state index is 11.3. The highest BCUT2D eigenvalue weighted by atomic mass is 32.2. The van der Waals surface area contributed by atoms with Gasteiger partial charge in [0.05, 0.1) is 12.0 Å². The van der Waals surface area contributed by atoms with E-state index in [4.69, 9.17) is 0 Å². The minimum atomic E-state index is -0.170. The van der Waals surface area contributed by atoms with Gasteiger partial charge in [0.15, 0.2) is 0 Å². The first kappa shape index (κ1) is 24.1. The van der Waals surface area contributed by atoms with Crippen LogP contribution in [0.3, 0.4) is 0 Å². The third-order valence-electron chi connectivity index (χ3n) is 3.70. The lowest BCUT2D eigenvalue weighted by Crippen LogP contribution is -2.44. The Hall–Kier alpha value is -0.950. The Balaban J connectivity index is 2.22. The molecule has 1 aliphatic rings. The third-order valence-corrected chi connectivity index (χ3v) is 5.70. The zero-order valence-electron chi connectivity index (χ0n) is 16.3. The smallest absolute Gasteiger partial charge is 0.324 e. The fourth-order valence-corrected chi connectivity index (χ4v) is 3.90. The van der Waals surface area contributed by atoms with Crippen LogP contribution in [0.4, 0.5) is 9.59 Å². The Morgan fingerprint density at radius 3 is 2.15 bits per heavy atom. The predicted molar refractivity (Wildman–Crippen MR) is 117 cm³/mol. The largest absolute Gasteiger partial charge is 0.352 e. The number of urea groups is 2. The van der Waals surface area contributed by atoms with Gasteiger partial charge in [-0.1, -0.05) is 23.9 Å². The fraction of sp³-hybridized carbons (Fsp3) is 0.733. The van der Waals surface area contributed by atoms with Gasteiger partial charge in [-0.25, -0.2) is 9.59 Å². The van der Waals surface area contributed by atoms with Crippen LogP contribution in [0, 0.1) is 0 Å². The van der Waals surface area contributed by atoms with E-state index in [1.54, 1.807) is 0 Å². The number of hydrogen-bond acceptors (Lipinski definition) is 8. The summed E-state index contributed by atoms with van der Waals surface area (Å²) >= 11 is 4.36. The number of nitrogens with zero attached hydrogens (tertiary/aromatic N) is 1. The lowest BCUT2D eigenvalue weighted by atomic mass is 10.3. The summed E-state index contributed by atoms with van der Waals surface area (Å²) < 4.78 is 5.24. The van der Waals surface area contributed by atoms with Gasteiger partial charge in [0.1, 0.15) is 0 Å². The third kappa shape index (κ3) is 10.2. The molecule has 1 aliphatic heterocycles. The van der Waals surface area contributed by atoms with Crippen LogP contribution in [0.15, 0.2) is 11.1 Å². The van der Waals surface area contributed by atoms with Crippen LogP contribution in [0.2, 0.25) is 0 Å². The summed E-state index contributed by atoms with van der Waals surface area (Å²) in [5, 5.41) is 12.4. The molecule has 156 valence electrons. The van der Waals surface area contributed by atoms with E-state index in [1.807, 2.05) is 24.3 Å². The topological polar surface area (TPSA) is 110 Å². The van der Waals surface area contributed by atoms with E-state index in [-0.39, 0.29) is 24.3 Å². The first-order valence-electron chi connectivity index (χ1n) is 8.68. The standard InChI is InChI=1S/C15H31N7O2S3/c1-11(16-5-7-18-14(23)20-25-3)13-9-22(10-27-13)12(2)17-6-8-19-15(24)21-26-4/h9,11-12,16-17H,5-8,10H2,1-4H3,(H2,18,20,23)(H2,19,21,24). The molecule has 2 unspecified atom stereocenters. The molecule has 0 saturated carbocycles. The number of hydrogen-bond donors (Lipinski definition) is 6. The second-order valence-electron chi connectivity index (χ2n) is 5.75. The van der Waals surface area contributed by atoms with Crippen molar-refractivity contribution < 1.29 is 9.59 Å². The molecule has 4 amide bonds. The maximum absolute atomic E-state index is 11.3. The quantitative estimate of drug-likeness (QED) is 0.197. The molecular weight excluding hydrogens is 406 g/mol. The van der Waals surface area contributed by atoms with Gasteiger partial charge in [0, 0.05) is 55.8 Å². The van der Waals surface area contributed by atoms with E-state index in [9.17, 15) is 9.59 Å². The number of carbonyl (C=O) groups excluding carboxylic acids is 2. The Labute approximate surface area is 174 Å². The molecule has 27 heavy (non-hydrogen) atoms. The first-order valence-corrected chi connectivity index (χ1v) is 12.1. The molecule has 0 aliphatic carbocycles. The van der Waals surface area contributed by atoms with Crippen molar-refractivity contribution in [2.75, 3.05) is 44.6 Å². The molecule has 1 heterocycles. The van der Waals surface area contributed by atoms with E-state index < -0.39 is 0 Å². The summed E-state index contributed by atoms with van der Waals surface area (Å²) in [6.07, 6.45) is 5.97. The van der Waals surface area contributed by atoms with Crippen molar-refractivity contribution in [3.05, 3.63) is 11.1 Å². The first-order chi connectivity index (χ1) is 13.0. The van der Waals surface area contributed by atoms with Crippen LogP contribution in [0.25, 0.3) is 0 Å². The molecule has 1 rings (SSSR count). The van der Waals surface area contributed by atoms with Gasteiger partial charge in [0.2, 0.25) is 0 Å². The fourth-order valence-electron chi connectivity index (χ4n) is 2.24. The van der Waals surface area contributed by atoms with Gasteiger partial charge < -0.3 is 20.9 Å². The van der Waals surface area contributed by atoms with Gasteiger partial charge in [0.25, 0.3) is 0 Å². The summed E-state index contributed by atoms with van der Waals surface area (Å²) in [5.74, 6) is 0.893. The summed E-state index contributed by atoms with van der Waals surface area (Å²) in [7, 11) is 0. The van der Waals surface area contributed by atoms with Crippen LogP contribution < -0.4 is 30.7 Å². The van der Waals surface area contributed by atoms with Crippen LogP contribution in [0.1, 0.15) is 13.8 Å². The van der Waals surface area contributed by atoms with Crippen molar-refractivity contribution in [2.45, 2.75) is 26.1 Å². The van der Waals surface area contributed by atoms with E-state index in [2.05, 4.69) is 55.7 Å². The van der Waals surface area contributed by atoms with Gasteiger partial charge in [-0.3, -0.25) is 14.8 Å². The Bertz CT molecular complexity index is 496. The van der Waals surface area contributed by atoms with Crippen LogP contribution >= 0.6 is 35.7 Å². The molecule has 0 saturated heterocycles. The minimum Gasteiger partial charge on any atom is -0.352 e. The van der Waals surface area contributed by atoms with Gasteiger partial charge in [-0.05, 0) is 13.8 Å². The molecule has 9 nitrogen and oxygen atoms in total. The number of carbonyl (C=O) groups is 2. The van der Waals surface area contributed by atoms with Crippen molar-refractivity contribution in [1.82, 2.24) is 35.6 Å². The summed E-state index contributed by atoms with van der Waals surface area (Å²) in [4.78, 5) is 26.1. The zero-order valence-corrected chi connectivity index (χ0v) is 18.7. The minimum absolute atomic E-state index is 0.169. The second-order valence-corrected chi connectivity index (χ2v) is 7.99. The molecule has 0 radical (unpaired) electrons. The number of rotatable bonds is 12. The summed E-state index contributed by atoms with van der Waals surface area (Å²) in [6, 6.07) is -0.108. The van der Waals surface area contributed by atoms with Crippen LogP contribution in [0.5, 0.6) is 0 Å². The molecule has 0 aromatic carbocycles. The Morgan fingerprint density at radius 2 is 1.59 bits per heavy atom. The monoisotopic (exact) mass is 437 g/mol. The Kier molecular flexibility index (Phi) is 12.6. The zero-order chi connectivity index (χ0) is 20.1. The molecule has 0 aromatic rings. The van der Waals surface area contributed by atoms with Crippen molar-refractivity contribution in [3.63, 3.8) is 0 Å². The molecule has 0 spiro atoms. The van der Waals surface area contributed by atoms with Crippen LogP contribution in [-0.4, -0.2) is 73.7 Å². The van der Waals surface area contributed by atoms with Gasteiger partial charge in [-0.2, -0.15) is 0 Å². The summed E-state index contributed by atoms with van der Waals surface area (Å²) in [6.45, 7) is 6.78. The highest BCUT2D eigenvalue weighted by Crippen LogP contribution is 2.28. The molecule has 0 bridgehead atoms. The molecule has 2 atom stereocenters. The van der Waals surface area contributed by atoms with Gasteiger partial charge in [-0.15, -0.1) is 11.8 Å². The molecule has 0 aromatic heterocycles. The molecular formula is C15H31N7O2S3. The summed E-state index contributed by atoms with van der Waals surface area (Å²) in [5.41, 5.74) is 0. The molecule has 0 fully saturated rings. The average molecular weight is 438 g/mol. The number of thioether (sulfide) groups is 1. The predicted octanol–water partition coefficient (Wildman–Crippen LogP) is 0.902. The van der Waals surface area contributed by atoms with Crippen molar-refractivity contribution in [1.29, 1.82) is 0 Å². The average Bonchev–Trinajstić information content (AvgIpc) is 3.13. The van der Waals surface area contributed by atoms with E-state index in [0.717, 1.165) is 5.88 Å². The molecule has 6 N–H and O–H groups in total. The lowest BCUT2D eigenvalue weighted by Gasteiger charge is -2.24. The normalized spacial score (nSPS) is 15.7. The van der Waals surface area contributed by atoms with Gasteiger partial charge >= 0.3 is 12.1 Å². The van der Waals surface area contributed by atoms with Crippen LogP contribution in [-0.2, 0) is 0 Å². The highest BCUT2D eigenvalue weighted by molar-refractivity contribution is 8.03. The van der Waals surface area contributed by atoms with Crippen molar-refractivity contribution in [3.8, 4) is 0 Å². The second kappa shape index (κ2) is 14.1. The van der Waals surface area contributed by atoms with Crippen molar-refractivity contribution in [2.24, 2.45) is 0 Å². The Morgan fingerprint density at radius 1 is 1.04 bits per heavy atom. The molecule has 12 heteroatoms.